The van der Waals surface area contributed by atoms with Crippen LogP contribution in [0.2, 0.25) is 5.02 Å². The van der Waals surface area contributed by atoms with Crippen LogP contribution in [0.5, 0.6) is 0 Å². The Hall–Kier alpha value is -3.25. The quantitative estimate of drug-likeness (QED) is 0.493. The smallest absolute Gasteiger partial charge is 0.162 e. The van der Waals surface area contributed by atoms with E-state index in [1.54, 1.807) is 24.3 Å². The Balaban J connectivity index is 1.90. The number of carbonyl (C=O) groups excluding carboxylic acids is 1. The summed E-state index contributed by atoms with van der Waals surface area (Å²) in [5.74, 6) is 1.80. The minimum Gasteiger partial charge on any atom is -0.323 e. The summed E-state index contributed by atoms with van der Waals surface area (Å²) in [4.78, 5) is 21.1. The van der Waals surface area contributed by atoms with E-state index in [1.807, 2.05) is 31.2 Å². The van der Waals surface area contributed by atoms with Crippen molar-refractivity contribution in [2.45, 2.75) is 13.8 Å². The normalized spacial score (nSPS) is 10.9. The van der Waals surface area contributed by atoms with E-state index in [-0.39, 0.29) is 5.78 Å². The third-order valence-electron chi connectivity index (χ3n) is 4.16. The predicted molar refractivity (Wildman–Crippen MR) is 107 cm³/mol. The highest BCUT2D eigenvalue weighted by Crippen LogP contribution is 2.28. The second kappa shape index (κ2) is 6.81. The highest BCUT2D eigenvalue weighted by Gasteiger charge is 2.12. The van der Waals surface area contributed by atoms with Crippen molar-refractivity contribution in [1.29, 1.82) is 0 Å². The molecule has 4 aromatic rings. The molecule has 0 amide bonds. The zero-order valence-electron chi connectivity index (χ0n) is 14.7. The van der Waals surface area contributed by atoms with E-state index >= 15 is 0 Å². The molecule has 0 aliphatic rings. The van der Waals surface area contributed by atoms with Crippen molar-refractivity contribution >= 4 is 39.9 Å². The molecule has 0 aliphatic carbocycles. The Labute approximate surface area is 160 Å². The van der Waals surface area contributed by atoms with Crippen molar-refractivity contribution in [2.75, 3.05) is 5.32 Å². The van der Waals surface area contributed by atoms with Crippen LogP contribution in [0, 0.1) is 6.92 Å². The molecule has 27 heavy (non-hydrogen) atoms. The Morgan fingerprint density at radius 1 is 1.07 bits per heavy atom. The minimum absolute atomic E-state index is 0.0130. The first-order chi connectivity index (χ1) is 13.0. The molecule has 0 spiro atoms. The first-order valence-electron chi connectivity index (χ1n) is 8.37. The van der Waals surface area contributed by atoms with Crippen molar-refractivity contribution in [3.05, 3.63) is 64.8 Å². The number of Topliss-reactive ketones (excluding diaryl/α,β-unsaturated/α-hetero) is 1. The molecule has 134 valence electrons. The summed E-state index contributed by atoms with van der Waals surface area (Å²) in [7, 11) is 0. The van der Waals surface area contributed by atoms with Gasteiger partial charge in [0.25, 0.3) is 0 Å². The number of H-pyrrole nitrogens is 1. The number of aryl methyl sites for hydroxylation is 1. The van der Waals surface area contributed by atoms with Gasteiger partial charge in [-0.3, -0.25) is 9.89 Å². The summed E-state index contributed by atoms with van der Waals surface area (Å²) < 4.78 is 0. The van der Waals surface area contributed by atoms with Crippen molar-refractivity contribution in [3.63, 3.8) is 0 Å². The van der Waals surface area contributed by atoms with E-state index in [2.05, 4.69) is 25.5 Å². The van der Waals surface area contributed by atoms with Crippen LogP contribution in [0.25, 0.3) is 22.3 Å². The summed E-state index contributed by atoms with van der Waals surface area (Å²) in [6.07, 6.45) is 0. The molecule has 0 bridgehead atoms. The molecule has 2 heterocycles. The average molecular weight is 378 g/mol. The Morgan fingerprint density at radius 2 is 1.85 bits per heavy atom. The van der Waals surface area contributed by atoms with E-state index in [0.29, 0.717) is 33.6 Å². The molecule has 0 saturated heterocycles. The highest BCUT2D eigenvalue weighted by atomic mass is 35.5. The molecule has 2 aromatic carbocycles. The predicted octanol–water partition coefficient (Wildman–Crippen LogP) is 4.93. The van der Waals surface area contributed by atoms with E-state index in [9.17, 15) is 4.79 Å². The van der Waals surface area contributed by atoms with Gasteiger partial charge in [-0.1, -0.05) is 17.7 Å². The molecule has 0 fully saturated rings. The van der Waals surface area contributed by atoms with Gasteiger partial charge in [-0.15, -0.1) is 0 Å². The van der Waals surface area contributed by atoms with Crippen LogP contribution in [0.4, 0.5) is 11.6 Å². The number of aromatic amines is 1. The van der Waals surface area contributed by atoms with Crippen LogP contribution in [-0.2, 0) is 0 Å². The Morgan fingerprint density at radius 3 is 2.52 bits per heavy atom. The van der Waals surface area contributed by atoms with Crippen LogP contribution in [0.1, 0.15) is 23.0 Å². The number of benzene rings is 2. The fraction of sp³-hybridized carbons (Fsp3) is 0.100. The number of ketones is 1. The molecule has 0 unspecified atom stereocenters. The zero-order valence-corrected chi connectivity index (χ0v) is 15.5. The topological polar surface area (TPSA) is 83.6 Å². The molecule has 0 aliphatic heterocycles. The van der Waals surface area contributed by atoms with Crippen molar-refractivity contribution in [3.8, 4) is 11.4 Å². The second-order valence-electron chi connectivity index (χ2n) is 6.25. The number of anilines is 2. The minimum atomic E-state index is -0.0130. The molecule has 4 rings (SSSR count). The summed E-state index contributed by atoms with van der Waals surface area (Å²) in [6.45, 7) is 3.46. The van der Waals surface area contributed by atoms with E-state index < -0.39 is 0 Å². The molecule has 0 atom stereocenters. The van der Waals surface area contributed by atoms with Gasteiger partial charge in [0, 0.05) is 33.3 Å². The molecule has 6 nitrogen and oxygen atoms in total. The van der Waals surface area contributed by atoms with Gasteiger partial charge in [0.1, 0.15) is 5.82 Å². The number of nitrogens with one attached hydrogen (secondary N) is 2. The van der Waals surface area contributed by atoms with E-state index in [4.69, 9.17) is 11.6 Å². The van der Waals surface area contributed by atoms with Crippen molar-refractivity contribution in [2.24, 2.45) is 0 Å². The lowest BCUT2D eigenvalue weighted by molar-refractivity contribution is 0.101. The largest absolute Gasteiger partial charge is 0.323 e. The average Bonchev–Trinajstić information content (AvgIpc) is 3.06. The SMILES string of the molecule is CC(=O)c1ccc2c(Nc3cc(C)[nH]n3)nc(-c3ccc(Cl)cc3)nc2c1. The van der Waals surface area contributed by atoms with Crippen LogP contribution in [0.15, 0.2) is 48.5 Å². The number of rotatable bonds is 4. The van der Waals surface area contributed by atoms with Gasteiger partial charge in [0.15, 0.2) is 17.4 Å². The molecular formula is C20H16ClN5O. The summed E-state index contributed by atoms with van der Waals surface area (Å²) in [5.41, 5.74) is 3.05. The number of hydrogen-bond donors (Lipinski definition) is 2. The zero-order chi connectivity index (χ0) is 19.0. The lowest BCUT2D eigenvalue weighted by Crippen LogP contribution is -2.01. The second-order valence-corrected chi connectivity index (χ2v) is 6.69. The van der Waals surface area contributed by atoms with Crippen LogP contribution >= 0.6 is 11.6 Å². The van der Waals surface area contributed by atoms with Crippen molar-refractivity contribution < 1.29 is 4.79 Å². The van der Waals surface area contributed by atoms with Crippen molar-refractivity contribution in [1.82, 2.24) is 20.2 Å². The Kier molecular flexibility index (Phi) is 4.33. The number of carbonyl (C=O) groups is 1. The highest BCUT2D eigenvalue weighted by molar-refractivity contribution is 6.30. The van der Waals surface area contributed by atoms with Gasteiger partial charge >= 0.3 is 0 Å². The maximum absolute atomic E-state index is 11.8. The van der Waals surface area contributed by atoms with Crippen LogP contribution in [-0.4, -0.2) is 25.9 Å². The maximum atomic E-state index is 11.8. The number of halogens is 1. The van der Waals surface area contributed by atoms with E-state index in [0.717, 1.165) is 16.6 Å². The molecule has 0 saturated carbocycles. The fourth-order valence-electron chi connectivity index (χ4n) is 2.78. The van der Waals surface area contributed by atoms with Gasteiger partial charge in [0.05, 0.1) is 5.52 Å². The lowest BCUT2D eigenvalue weighted by atomic mass is 10.1. The number of aromatic nitrogens is 4. The van der Waals surface area contributed by atoms with Crippen LogP contribution < -0.4 is 5.32 Å². The number of nitrogens with zero attached hydrogens (tertiary/aromatic N) is 3. The number of fused-ring (bicyclic) bond motifs is 1. The lowest BCUT2D eigenvalue weighted by Gasteiger charge is -2.10. The van der Waals surface area contributed by atoms with Gasteiger partial charge in [-0.2, -0.15) is 5.10 Å². The molecular weight excluding hydrogens is 362 g/mol. The Bertz CT molecular complexity index is 1150. The summed E-state index contributed by atoms with van der Waals surface area (Å²) >= 11 is 5.99. The fourth-order valence-corrected chi connectivity index (χ4v) is 2.90. The van der Waals surface area contributed by atoms with Gasteiger partial charge in [0.2, 0.25) is 0 Å². The van der Waals surface area contributed by atoms with Crippen LogP contribution in [0.3, 0.4) is 0 Å². The van der Waals surface area contributed by atoms with Gasteiger partial charge in [-0.05, 0) is 50.2 Å². The molecule has 2 N–H and O–H groups in total. The van der Waals surface area contributed by atoms with Gasteiger partial charge in [-0.25, -0.2) is 9.97 Å². The van der Waals surface area contributed by atoms with E-state index in [1.165, 1.54) is 6.92 Å². The first-order valence-corrected chi connectivity index (χ1v) is 8.75. The first kappa shape index (κ1) is 17.2. The molecule has 7 heteroatoms. The molecule has 0 radical (unpaired) electrons. The third kappa shape index (κ3) is 3.52. The summed E-state index contributed by atoms with van der Waals surface area (Å²) in [6, 6.07) is 14.6. The maximum Gasteiger partial charge on any atom is 0.162 e. The summed E-state index contributed by atoms with van der Waals surface area (Å²) in [5, 5.41) is 11.8. The number of hydrogen-bond acceptors (Lipinski definition) is 5. The third-order valence-corrected chi connectivity index (χ3v) is 4.41. The molecule has 2 aromatic heterocycles. The monoisotopic (exact) mass is 377 g/mol. The van der Waals surface area contributed by atoms with Gasteiger partial charge < -0.3 is 5.32 Å². The standard InChI is InChI=1S/C20H16ClN5O/c1-11-9-18(26-25-11)23-20-16-8-5-14(12(2)27)10-17(16)22-19(24-20)13-3-6-15(21)7-4-13/h3-10H,1-2H3,(H2,22,23,24,25,26).